The zero-order valence-electron chi connectivity index (χ0n) is 11.0. The summed E-state index contributed by atoms with van der Waals surface area (Å²) in [5.74, 6) is -0.449. The highest BCUT2D eigenvalue weighted by Crippen LogP contribution is 2.32. The van der Waals surface area contributed by atoms with E-state index in [1.54, 1.807) is 6.07 Å². The van der Waals surface area contributed by atoms with E-state index in [1.807, 2.05) is 0 Å². The average molecular weight is 360 g/mol. The highest BCUT2D eigenvalue weighted by atomic mass is 35.5. The Kier molecular flexibility index (Phi) is 5.24. The number of nitrogens with zero attached hydrogens (tertiary/aromatic N) is 1. The summed E-state index contributed by atoms with van der Waals surface area (Å²) in [7, 11) is 0. The summed E-state index contributed by atoms with van der Waals surface area (Å²) >= 11 is 17.6. The normalized spacial score (nSPS) is 10.3. The monoisotopic (exact) mass is 358 g/mol. The van der Waals surface area contributed by atoms with Gasteiger partial charge in [-0.3, -0.25) is 14.9 Å². The second-order valence-electron chi connectivity index (χ2n) is 4.36. The fourth-order valence-corrected chi connectivity index (χ4v) is 2.42. The zero-order valence-corrected chi connectivity index (χ0v) is 13.2. The minimum Gasteiger partial charge on any atom is -0.324 e. The number of hydrogen-bond acceptors (Lipinski definition) is 3. The fraction of sp³-hybridized carbons (Fsp3) is 0.0714. The van der Waals surface area contributed by atoms with Crippen molar-refractivity contribution in [3.63, 3.8) is 0 Å². The van der Waals surface area contributed by atoms with Crippen LogP contribution in [0, 0.1) is 10.1 Å². The average Bonchev–Trinajstić information content (AvgIpc) is 2.45. The molecule has 0 aromatic heterocycles. The Balaban J connectivity index is 2.18. The summed E-state index contributed by atoms with van der Waals surface area (Å²) in [5.41, 5.74) is 0.485. The number of nitro benzene ring substituents is 1. The van der Waals surface area contributed by atoms with E-state index in [0.29, 0.717) is 11.3 Å². The van der Waals surface area contributed by atoms with Crippen molar-refractivity contribution in [3.8, 4) is 0 Å². The van der Waals surface area contributed by atoms with E-state index in [-0.39, 0.29) is 27.2 Å². The lowest BCUT2D eigenvalue weighted by Gasteiger charge is -2.09. The Labute approximate surface area is 140 Å². The van der Waals surface area contributed by atoms with Crippen LogP contribution in [-0.4, -0.2) is 10.8 Å². The number of amides is 1. The summed E-state index contributed by atoms with van der Waals surface area (Å²) in [6.07, 6.45) is -0.159. The second-order valence-corrected chi connectivity index (χ2v) is 5.58. The van der Waals surface area contributed by atoms with Crippen molar-refractivity contribution in [2.75, 3.05) is 5.32 Å². The van der Waals surface area contributed by atoms with Crippen LogP contribution in [0.1, 0.15) is 5.56 Å². The number of para-hydroxylation sites is 1. The molecule has 0 bridgehead atoms. The summed E-state index contributed by atoms with van der Waals surface area (Å²) < 4.78 is 0. The van der Waals surface area contributed by atoms with Crippen molar-refractivity contribution in [2.24, 2.45) is 0 Å². The number of benzene rings is 2. The minimum atomic E-state index is -0.533. The topological polar surface area (TPSA) is 72.2 Å². The van der Waals surface area contributed by atoms with Gasteiger partial charge in [0.05, 0.1) is 32.1 Å². The van der Waals surface area contributed by atoms with Crippen LogP contribution in [0.4, 0.5) is 11.4 Å². The lowest BCUT2D eigenvalue weighted by molar-refractivity contribution is -0.385. The summed E-state index contributed by atoms with van der Waals surface area (Å²) in [5, 5.41) is 14.2. The van der Waals surface area contributed by atoms with E-state index < -0.39 is 10.8 Å². The van der Waals surface area contributed by atoms with E-state index in [2.05, 4.69) is 5.32 Å². The molecule has 1 amide bonds. The largest absolute Gasteiger partial charge is 0.324 e. The number of anilines is 1. The van der Waals surface area contributed by atoms with Gasteiger partial charge >= 0.3 is 0 Å². The maximum Gasteiger partial charge on any atom is 0.273 e. The molecule has 0 unspecified atom stereocenters. The first kappa shape index (κ1) is 16.5. The fourth-order valence-electron chi connectivity index (χ4n) is 1.82. The van der Waals surface area contributed by atoms with Crippen LogP contribution in [0.3, 0.4) is 0 Å². The smallest absolute Gasteiger partial charge is 0.273 e. The van der Waals surface area contributed by atoms with Gasteiger partial charge in [0.2, 0.25) is 5.91 Å². The molecule has 0 fully saturated rings. The van der Waals surface area contributed by atoms with Crippen LogP contribution in [-0.2, 0) is 11.2 Å². The van der Waals surface area contributed by atoms with Crippen molar-refractivity contribution in [2.45, 2.75) is 6.42 Å². The van der Waals surface area contributed by atoms with Crippen LogP contribution < -0.4 is 5.32 Å². The van der Waals surface area contributed by atoms with Gasteiger partial charge in [-0.15, -0.1) is 0 Å². The molecule has 114 valence electrons. The summed E-state index contributed by atoms with van der Waals surface area (Å²) in [6, 6.07) is 8.86. The van der Waals surface area contributed by atoms with Crippen molar-refractivity contribution >= 4 is 52.1 Å². The van der Waals surface area contributed by atoms with E-state index in [1.165, 1.54) is 30.3 Å². The van der Waals surface area contributed by atoms with Crippen molar-refractivity contribution in [1.29, 1.82) is 0 Å². The molecule has 0 spiro atoms. The number of hydrogen-bond donors (Lipinski definition) is 1. The molecule has 2 aromatic carbocycles. The van der Waals surface area contributed by atoms with E-state index in [0.717, 1.165) is 0 Å². The van der Waals surface area contributed by atoms with Crippen LogP contribution in [0.15, 0.2) is 36.4 Å². The third-order valence-corrected chi connectivity index (χ3v) is 3.86. The SMILES string of the molecule is O=C(Cc1ccccc1[N+](=O)[O-])Nc1cc(Cl)c(Cl)cc1Cl. The number of nitrogens with one attached hydrogen (secondary N) is 1. The molecule has 0 aliphatic rings. The predicted molar refractivity (Wildman–Crippen MR) is 86.9 cm³/mol. The maximum atomic E-state index is 12.0. The minimum absolute atomic E-state index is 0.113. The van der Waals surface area contributed by atoms with Gasteiger partial charge in [-0.05, 0) is 12.1 Å². The first-order valence-electron chi connectivity index (χ1n) is 6.05. The Bertz CT molecular complexity index is 750. The standard InChI is InChI=1S/C14H9Cl3N2O3/c15-9-6-11(17)12(7-10(9)16)18-14(20)5-8-3-1-2-4-13(8)19(21)22/h1-4,6-7H,5H2,(H,18,20). The molecule has 0 heterocycles. The Hall–Kier alpha value is -1.82. The van der Waals surface area contributed by atoms with E-state index in [9.17, 15) is 14.9 Å². The first-order chi connectivity index (χ1) is 10.4. The highest BCUT2D eigenvalue weighted by molar-refractivity contribution is 6.44. The van der Waals surface area contributed by atoms with Gasteiger partial charge in [0.25, 0.3) is 5.69 Å². The first-order valence-corrected chi connectivity index (χ1v) is 7.18. The lowest BCUT2D eigenvalue weighted by atomic mass is 10.1. The Morgan fingerprint density at radius 2 is 1.73 bits per heavy atom. The van der Waals surface area contributed by atoms with Gasteiger partial charge in [-0.25, -0.2) is 0 Å². The van der Waals surface area contributed by atoms with Gasteiger partial charge in [0.1, 0.15) is 0 Å². The lowest BCUT2D eigenvalue weighted by Crippen LogP contribution is -2.15. The quantitative estimate of drug-likeness (QED) is 0.487. The van der Waals surface area contributed by atoms with Gasteiger partial charge in [-0.1, -0.05) is 53.0 Å². The van der Waals surface area contributed by atoms with Crippen molar-refractivity contribution in [1.82, 2.24) is 0 Å². The number of carbonyl (C=O) groups is 1. The second kappa shape index (κ2) is 6.96. The third kappa shape index (κ3) is 3.88. The third-order valence-electron chi connectivity index (χ3n) is 2.82. The van der Waals surface area contributed by atoms with Crippen LogP contribution in [0.5, 0.6) is 0 Å². The predicted octanol–water partition coefficient (Wildman–Crippen LogP) is 4.74. The molecule has 0 aliphatic heterocycles. The molecule has 5 nitrogen and oxygen atoms in total. The summed E-state index contributed by atoms with van der Waals surface area (Å²) in [6.45, 7) is 0. The molecule has 0 saturated carbocycles. The van der Waals surface area contributed by atoms with Crippen LogP contribution >= 0.6 is 34.8 Å². The van der Waals surface area contributed by atoms with Crippen LogP contribution in [0.25, 0.3) is 0 Å². The van der Waals surface area contributed by atoms with E-state index in [4.69, 9.17) is 34.8 Å². The molecule has 1 N–H and O–H groups in total. The van der Waals surface area contributed by atoms with Gasteiger partial charge < -0.3 is 5.32 Å². The van der Waals surface area contributed by atoms with Gasteiger partial charge in [0.15, 0.2) is 0 Å². The van der Waals surface area contributed by atoms with Gasteiger partial charge in [-0.2, -0.15) is 0 Å². The number of nitro groups is 1. The molecule has 0 aliphatic carbocycles. The van der Waals surface area contributed by atoms with Crippen molar-refractivity contribution in [3.05, 3.63) is 67.1 Å². The molecule has 0 radical (unpaired) electrons. The van der Waals surface area contributed by atoms with Crippen LogP contribution in [0.2, 0.25) is 15.1 Å². The number of carbonyl (C=O) groups excluding carboxylic acids is 1. The van der Waals surface area contributed by atoms with Crippen molar-refractivity contribution < 1.29 is 9.72 Å². The molecule has 2 aromatic rings. The number of rotatable bonds is 4. The highest BCUT2D eigenvalue weighted by Gasteiger charge is 2.16. The molecule has 8 heteroatoms. The maximum absolute atomic E-state index is 12.0. The molecular weight excluding hydrogens is 351 g/mol. The Morgan fingerprint density at radius 1 is 1.09 bits per heavy atom. The molecular formula is C14H9Cl3N2O3. The Morgan fingerprint density at radius 3 is 2.41 bits per heavy atom. The molecule has 2 rings (SSSR count). The van der Waals surface area contributed by atoms with E-state index >= 15 is 0 Å². The van der Waals surface area contributed by atoms with Gasteiger partial charge in [0, 0.05) is 11.6 Å². The molecule has 0 saturated heterocycles. The number of halogens is 3. The zero-order chi connectivity index (χ0) is 16.3. The molecule has 0 atom stereocenters. The molecule has 22 heavy (non-hydrogen) atoms. The summed E-state index contributed by atoms with van der Waals surface area (Å²) in [4.78, 5) is 22.4.